The quantitative estimate of drug-likeness (QED) is 0.295. The van der Waals surface area contributed by atoms with Gasteiger partial charge in [0.1, 0.15) is 18.1 Å². The number of thiophene rings is 1. The molecule has 0 bridgehead atoms. The topological polar surface area (TPSA) is 38.8 Å². The molecule has 0 amide bonds. The zero-order valence-electron chi connectivity index (χ0n) is 21.4. The van der Waals surface area contributed by atoms with Crippen molar-refractivity contribution in [1.82, 2.24) is 4.90 Å². The Morgan fingerprint density at radius 3 is 2.47 bits per heavy atom. The molecule has 4 nitrogen and oxygen atoms in total. The first-order valence-corrected chi connectivity index (χ1v) is 14.3. The summed E-state index contributed by atoms with van der Waals surface area (Å²) in [5, 5.41) is 1.02. The van der Waals surface area contributed by atoms with Crippen LogP contribution in [0, 0.1) is 0 Å². The predicted octanol–water partition coefficient (Wildman–Crippen LogP) is 7.74. The van der Waals surface area contributed by atoms with Crippen LogP contribution in [0.25, 0.3) is 15.7 Å². The first-order valence-electron chi connectivity index (χ1n) is 13.5. The van der Waals surface area contributed by atoms with E-state index < -0.39 is 0 Å². The maximum Gasteiger partial charge on any atom is 0.195 e. The van der Waals surface area contributed by atoms with Crippen LogP contribution in [0.3, 0.4) is 0 Å². The number of allylic oxidation sites excluding steroid dienone is 2. The highest BCUT2D eigenvalue weighted by atomic mass is 32.1. The van der Waals surface area contributed by atoms with Crippen molar-refractivity contribution in [1.29, 1.82) is 0 Å². The number of carbonyl (C=O) groups is 1. The molecule has 1 saturated heterocycles. The molecule has 0 radical (unpaired) electrons. The Kier molecular flexibility index (Phi) is 8.40. The maximum atomic E-state index is 13.9. The molecule has 1 aromatic heterocycles. The number of hydrogen-bond acceptors (Lipinski definition) is 5. The summed E-state index contributed by atoms with van der Waals surface area (Å²) in [6, 6.07) is 13.8. The van der Waals surface area contributed by atoms with E-state index in [1.165, 1.54) is 63.6 Å². The van der Waals surface area contributed by atoms with Gasteiger partial charge in [0.05, 0.1) is 7.11 Å². The van der Waals surface area contributed by atoms with Crippen LogP contribution in [0.5, 0.6) is 11.5 Å². The number of hydrogen-bond donors (Lipinski definition) is 0. The zero-order valence-corrected chi connectivity index (χ0v) is 22.2. The number of ether oxygens (including phenoxy) is 2. The van der Waals surface area contributed by atoms with Gasteiger partial charge in [0, 0.05) is 32.6 Å². The average molecular weight is 504 g/mol. The van der Waals surface area contributed by atoms with Crippen LogP contribution >= 0.6 is 11.3 Å². The summed E-state index contributed by atoms with van der Waals surface area (Å²) in [5.74, 6) is 1.74. The normalized spacial score (nSPS) is 17.3. The molecule has 5 rings (SSSR count). The Morgan fingerprint density at radius 2 is 1.67 bits per heavy atom. The average Bonchev–Trinajstić information content (AvgIpc) is 3.27. The maximum absolute atomic E-state index is 13.9. The minimum absolute atomic E-state index is 0.0873. The Morgan fingerprint density at radius 1 is 0.917 bits per heavy atom. The van der Waals surface area contributed by atoms with Gasteiger partial charge in [-0.2, -0.15) is 0 Å². The number of ketones is 1. The first kappa shape index (κ1) is 25.0. The lowest BCUT2D eigenvalue weighted by Crippen LogP contribution is -2.33. The van der Waals surface area contributed by atoms with E-state index in [2.05, 4.69) is 17.0 Å². The molecule has 1 fully saturated rings. The summed E-state index contributed by atoms with van der Waals surface area (Å²) in [6.07, 6.45) is 13.4. The van der Waals surface area contributed by atoms with Gasteiger partial charge in [0.25, 0.3) is 0 Å². The van der Waals surface area contributed by atoms with E-state index in [0.717, 1.165) is 51.4 Å². The van der Waals surface area contributed by atoms with Gasteiger partial charge in [-0.3, -0.25) is 9.69 Å². The lowest BCUT2D eigenvalue weighted by Gasteiger charge is -2.26. The van der Waals surface area contributed by atoms with Crippen LogP contribution in [0.2, 0.25) is 0 Å². The van der Waals surface area contributed by atoms with Crippen molar-refractivity contribution < 1.29 is 14.3 Å². The Bertz CT molecular complexity index is 1200. The molecule has 36 heavy (non-hydrogen) atoms. The summed E-state index contributed by atoms with van der Waals surface area (Å²) in [7, 11) is 1.69. The van der Waals surface area contributed by atoms with Gasteiger partial charge < -0.3 is 9.47 Å². The van der Waals surface area contributed by atoms with Gasteiger partial charge >= 0.3 is 0 Å². The van der Waals surface area contributed by atoms with E-state index >= 15 is 0 Å². The molecule has 190 valence electrons. The van der Waals surface area contributed by atoms with Crippen molar-refractivity contribution in [3.05, 3.63) is 64.5 Å². The molecule has 1 aliphatic carbocycles. The van der Waals surface area contributed by atoms with E-state index in [0.29, 0.717) is 12.2 Å². The third-order valence-electron chi connectivity index (χ3n) is 7.45. The lowest BCUT2D eigenvalue weighted by molar-refractivity contribution is 0.104. The van der Waals surface area contributed by atoms with Crippen LogP contribution in [-0.4, -0.2) is 44.0 Å². The van der Waals surface area contributed by atoms with Gasteiger partial charge in [0.2, 0.25) is 0 Å². The smallest absolute Gasteiger partial charge is 0.195 e. The minimum atomic E-state index is 0.0873. The molecular weight excluding hydrogens is 466 g/mol. The highest BCUT2D eigenvalue weighted by Crippen LogP contribution is 2.41. The number of benzene rings is 2. The van der Waals surface area contributed by atoms with Crippen LogP contribution < -0.4 is 9.47 Å². The SMILES string of the molecule is COc1ccc2c(C(=O)c3ccc(OCCN4CCCCC4)cc3)c(C3=CCCCCCC3)sc2c1. The molecule has 0 atom stereocenters. The fourth-order valence-corrected chi connectivity index (χ4v) is 6.67. The third kappa shape index (κ3) is 5.84. The van der Waals surface area contributed by atoms with E-state index in [4.69, 9.17) is 9.47 Å². The van der Waals surface area contributed by atoms with Gasteiger partial charge in [-0.1, -0.05) is 25.3 Å². The van der Waals surface area contributed by atoms with Crippen molar-refractivity contribution in [3.63, 3.8) is 0 Å². The number of likely N-dealkylation sites (tertiary alicyclic amines) is 1. The van der Waals surface area contributed by atoms with Crippen molar-refractivity contribution in [3.8, 4) is 11.5 Å². The molecule has 3 aromatic rings. The lowest BCUT2D eigenvalue weighted by atomic mass is 9.93. The van der Waals surface area contributed by atoms with Gasteiger partial charge in [0.15, 0.2) is 5.78 Å². The highest BCUT2D eigenvalue weighted by Gasteiger charge is 2.23. The summed E-state index contributed by atoms with van der Waals surface area (Å²) in [4.78, 5) is 17.5. The molecule has 0 unspecified atom stereocenters. The molecule has 1 aliphatic heterocycles. The van der Waals surface area contributed by atoms with Crippen LogP contribution in [0.15, 0.2) is 48.5 Å². The number of nitrogens with zero attached hydrogens (tertiary/aromatic N) is 1. The monoisotopic (exact) mass is 503 g/mol. The van der Waals surface area contributed by atoms with Gasteiger partial charge in [-0.25, -0.2) is 0 Å². The van der Waals surface area contributed by atoms with Crippen LogP contribution in [0.1, 0.15) is 78.6 Å². The Hall–Kier alpha value is -2.63. The van der Waals surface area contributed by atoms with E-state index in [1.54, 1.807) is 18.4 Å². The molecule has 0 saturated carbocycles. The third-order valence-corrected chi connectivity index (χ3v) is 8.68. The minimum Gasteiger partial charge on any atom is -0.497 e. The number of carbonyl (C=O) groups excluding carboxylic acids is 1. The molecular formula is C31H37NO3S. The van der Waals surface area contributed by atoms with E-state index in [9.17, 15) is 4.79 Å². The summed E-state index contributed by atoms with van der Waals surface area (Å²) >= 11 is 1.73. The second-order valence-corrected chi connectivity index (χ2v) is 11.0. The standard InChI is InChI=1S/C31H37NO3S/c1-34-26-16-17-27-28(22-26)36-31(24-10-6-3-2-4-7-11-24)29(27)30(33)23-12-14-25(15-13-23)35-21-20-32-18-8-5-9-19-32/h10,12-17,22H,2-9,11,18-21H2,1H3. The van der Waals surface area contributed by atoms with Crippen molar-refractivity contribution in [2.24, 2.45) is 0 Å². The summed E-state index contributed by atoms with van der Waals surface area (Å²) in [6.45, 7) is 4.00. The Labute approximate surface area is 218 Å². The number of methoxy groups -OCH3 is 1. The first-order chi connectivity index (χ1) is 17.7. The van der Waals surface area contributed by atoms with Gasteiger partial charge in [-0.05, 0) is 99.7 Å². The van der Waals surface area contributed by atoms with Crippen molar-refractivity contribution in [2.75, 3.05) is 33.4 Å². The predicted molar refractivity (Wildman–Crippen MR) is 150 cm³/mol. The zero-order chi connectivity index (χ0) is 24.7. The fraction of sp³-hybridized carbons (Fsp3) is 0.452. The second kappa shape index (κ2) is 12.1. The summed E-state index contributed by atoms with van der Waals surface area (Å²) < 4.78 is 12.6. The molecule has 2 heterocycles. The van der Waals surface area contributed by atoms with E-state index in [-0.39, 0.29) is 5.78 Å². The summed E-state index contributed by atoms with van der Waals surface area (Å²) in [5.41, 5.74) is 2.88. The van der Waals surface area contributed by atoms with Crippen LogP contribution in [-0.2, 0) is 0 Å². The number of fused-ring (bicyclic) bond motifs is 1. The number of piperidine rings is 1. The second-order valence-electron chi connectivity index (χ2n) is 9.95. The van der Waals surface area contributed by atoms with Crippen molar-refractivity contribution in [2.45, 2.75) is 57.8 Å². The molecule has 2 aromatic carbocycles. The molecule has 0 N–H and O–H groups in total. The highest BCUT2D eigenvalue weighted by molar-refractivity contribution is 7.20. The Balaban J connectivity index is 1.38. The number of rotatable bonds is 8. The fourth-order valence-electron chi connectivity index (χ4n) is 5.38. The molecule has 0 spiro atoms. The van der Waals surface area contributed by atoms with Gasteiger partial charge in [-0.15, -0.1) is 11.3 Å². The van der Waals surface area contributed by atoms with Crippen molar-refractivity contribution >= 4 is 32.8 Å². The van der Waals surface area contributed by atoms with E-state index in [1.807, 2.05) is 36.4 Å². The van der Waals surface area contributed by atoms with Crippen LogP contribution in [0.4, 0.5) is 0 Å². The molecule has 5 heteroatoms. The largest absolute Gasteiger partial charge is 0.497 e. The molecule has 2 aliphatic rings.